The number of nitrogens with zero attached hydrogens (tertiary/aromatic N) is 5. The number of hydrogen-bond acceptors (Lipinski definition) is 6. The number of halogens is 1. The Balaban J connectivity index is 1.69. The van der Waals surface area contributed by atoms with Crippen molar-refractivity contribution in [1.29, 1.82) is 0 Å². The Kier molecular flexibility index (Phi) is 3.31. The highest BCUT2D eigenvalue weighted by atomic mass is 35.5. The molecular weight excluding hydrogens is 328 g/mol. The Morgan fingerprint density at radius 3 is 2.88 bits per heavy atom. The van der Waals surface area contributed by atoms with Crippen LogP contribution in [0.5, 0.6) is 0 Å². The second-order valence-electron chi connectivity index (χ2n) is 5.24. The fourth-order valence-electron chi connectivity index (χ4n) is 2.35. The Bertz CT molecular complexity index is 1020. The van der Waals surface area contributed by atoms with Gasteiger partial charge < -0.3 is 11.1 Å². The SMILES string of the molecule is Cn1nc(-c2ccc(N)nc2)nc1Nc1ccc2[nH]ncc2c1Cl. The Morgan fingerprint density at radius 1 is 1.21 bits per heavy atom. The molecule has 0 aliphatic rings. The molecular formula is C15H13ClN8. The summed E-state index contributed by atoms with van der Waals surface area (Å²) in [4.78, 5) is 8.55. The third-order valence-corrected chi connectivity index (χ3v) is 4.02. The minimum Gasteiger partial charge on any atom is -0.384 e. The molecule has 0 atom stereocenters. The molecule has 4 aromatic rings. The van der Waals surface area contributed by atoms with Crippen LogP contribution in [0, 0.1) is 0 Å². The summed E-state index contributed by atoms with van der Waals surface area (Å²) in [6.07, 6.45) is 3.32. The summed E-state index contributed by atoms with van der Waals surface area (Å²) < 4.78 is 1.64. The van der Waals surface area contributed by atoms with Crippen molar-refractivity contribution in [3.63, 3.8) is 0 Å². The minimum atomic E-state index is 0.452. The number of aromatic amines is 1. The second-order valence-corrected chi connectivity index (χ2v) is 5.62. The van der Waals surface area contributed by atoms with Gasteiger partial charge >= 0.3 is 0 Å². The van der Waals surface area contributed by atoms with Crippen LogP contribution in [0.1, 0.15) is 0 Å². The fraction of sp³-hybridized carbons (Fsp3) is 0.0667. The van der Waals surface area contributed by atoms with E-state index in [-0.39, 0.29) is 0 Å². The van der Waals surface area contributed by atoms with E-state index in [1.54, 1.807) is 30.2 Å². The number of pyridine rings is 1. The Labute approximate surface area is 141 Å². The standard InChI is InChI=1S/C15H13ClN8/c1-24-15(21-14(23-24)8-2-5-12(17)18-6-8)20-11-4-3-10-9(13(11)16)7-19-22-10/h2-7H,1H3,(H2,17,18)(H,19,22)(H,20,21,23). The van der Waals surface area contributed by atoms with Gasteiger partial charge in [-0.15, -0.1) is 5.10 Å². The van der Waals surface area contributed by atoms with E-state index in [9.17, 15) is 0 Å². The van der Waals surface area contributed by atoms with Crippen molar-refractivity contribution in [3.05, 3.63) is 41.7 Å². The van der Waals surface area contributed by atoms with Gasteiger partial charge in [0.25, 0.3) is 0 Å². The van der Waals surface area contributed by atoms with Gasteiger partial charge in [0.2, 0.25) is 5.95 Å². The van der Waals surface area contributed by atoms with E-state index in [0.29, 0.717) is 22.6 Å². The van der Waals surface area contributed by atoms with Gasteiger partial charge in [-0.05, 0) is 24.3 Å². The molecule has 0 unspecified atom stereocenters. The summed E-state index contributed by atoms with van der Waals surface area (Å²) in [5.41, 5.74) is 7.98. The minimum absolute atomic E-state index is 0.452. The molecule has 3 heterocycles. The first kappa shape index (κ1) is 14.5. The third kappa shape index (κ3) is 2.42. The number of nitrogens with one attached hydrogen (secondary N) is 2. The number of anilines is 3. The first-order valence-corrected chi connectivity index (χ1v) is 7.51. The first-order chi connectivity index (χ1) is 11.6. The predicted octanol–water partition coefficient (Wildman–Crippen LogP) is 2.73. The van der Waals surface area contributed by atoms with E-state index in [1.807, 2.05) is 18.2 Å². The molecule has 4 rings (SSSR count). The summed E-state index contributed by atoms with van der Waals surface area (Å²) in [6, 6.07) is 7.30. The quantitative estimate of drug-likeness (QED) is 0.529. The van der Waals surface area contributed by atoms with E-state index in [2.05, 4.69) is 30.6 Å². The normalized spacial score (nSPS) is 11.1. The maximum absolute atomic E-state index is 6.42. The third-order valence-electron chi connectivity index (χ3n) is 3.61. The summed E-state index contributed by atoms with van der Waals surface area (Å²) in [5.74, 6) is 1.56. The predicted molar refractivity (Wildman–Crippen MR) is 93.0 cm³/mol. The smallest absolute Gasteiger partial charge is 0.225 e. The van der Waals surface area contributed by atoms with Gasteiger partial charge in [-0.1, -0.05) is 11.6 Å². The second kappa shape index (κ2) is 5.50. The van der Waals surface area contributed by atoms with Crippen LogP contribution in [-0.4, -0.2) is 29.9 Å². The first-order valence-electron chi connectivity index (χ1n) is 7.13. The van der Waals surface area contributed by atoms with Crippen LogP contribution in [0.4, 0.5) is 17.5 Å². The van der Waals surface area contributed by atoms with Crippen molar-refractivity contribution in [1.82, 2.24) is 29.9 Å². The van der Waals surface area contributed by atoms with Gasteiger partial charge in [-0.25, -0.2) is 9.67 Å². The number of nitrogens with two attached hydrogens (primary N) is 1. The van der Waals surface area contributed by atoms with Crippen LogP contribution >= 0.6 is 11.6 Å². The maximum Gasteiger partial charge on any atom is 0.225 e. The number of rotatable bonds is 3. The molecule has 0 radical (unpaired) electrons. The Morgan fingerprint density at radius 2 is 2.08 bits per heavy atom. The highest BCUT2D eigenvalue weighted by Crippen LogP contribution is 2.31. The highest BCUT2D eigenvalue weighted by Gasteiger charge is 2.13. The van der Waals surface area contributed by atoms with E-state index in [0.717, 1.165) is 22.2 Å². The topological polar surface area (TPSA) is 110 Å². The lowest BCUT2D eigenvalue weighted by molar-refractivity contribution is 0.778. The molecule has 9 heteroatoms. The summed E-state index contributed by atoms with van der Waals surface area (Å²) in [7, 11) is 1.80. The van der Waals surface area contributed by atoms with E-state index in [4.69, 9.17) is 17.3 Å². The molecule has 0 saturated carbocycles. The van der Waals surface area contributed by atoms with Gasteiger partial charge in [0, 0.05) is 24.2 Å². The monoisotopic (exact) mass is 340 g/mol. The fourth-order valence-corrected chi connectivity index (χ4v) is 2.61. The van der Waals surface area contributed by atoms with Crippen molar-refractivity contribution in [2.75, 3.05) is 11.1 Å². The van der Waals surface area contributed by atoms with Crippen molar-refractivity contribution in [3.8, 4) is 11.4 Å². The van der Waals surface area contributed by atoms with Gasteiger partial charge in [0.1, 0.15) is 5.82 Å². The van der Waals surface area contributed by atoms with Crippen LogP contribution in [-0.2, 0) is 7.05 Å². The van der Waals surface area contributed by atoms with Crippen LogP contribution in [0.25, 0.3) is 22.3 Å². The highest BCUT2D eigenvalue weighted by molar-refractivity contribution is 6.38. The average molecular weight is 341 g/mol. The van der Waals surface area contributed by atoms with E-state index < -0.39 is 0 Å². The molecule has 1 aromatic carbocycles. The number of fused-ring (bicyclic) bond motifs is 1. The number of hydrogen-bond donors (Lipinski definition) is 3. The zero-order valence-corrected chi connectivity index (χ0v) is 13.4. The van der Waals surface area contributed by atoms with Crippen LogP contribution < -0.4 is 11.1 Å². The number of nitrogen functional groups attached to an aromatic ring is 1. The molecule has 0 aliphatic carbocycles. The van der Waals surface area contributed by atoms with Gasteiger partial charge in [-0.2, -0.15) is 10.1 Å². The number of aromatic nitrogens is 6. The summed E-state index contributed by atoms with van der Waals surface area (Å²) in [6.45, 7) is 0. The maximum atomic E-state index is 6.42. The lowest BCUT2D eigenvalue weighted by atomic mass is 10.2. The van der Waals surface area contributed by atoms with Crippen molar-refractivity contribution in [2.45, 2.75) is 0 Å². The molecule has 4 N–H and O–H groups in total. The van der Waals surface area contributed by atoms with Crippen molar-refractivity contribution >= 4 is 40.0 Å². The molecule has 0 aliphatic heterocycles. The van der Waals surface area contributed by atoms with Gasteiger partial charge in [-0.3, -0.25) is 5.10 Å². The number of benzene rings is 1. The molecule has 0 saturated heterocycles. The zero-order chi connectivity index (χ0) is 16.7. The molecule has 8 nitrogen and oxygen atoms in total. The number of aryl methyl sites for hydroxylation is 1. The van der Waals surface area contributed by atoms with Crippen LogP contribution in [0.2, 0.25) is 5.02 Å². The number of H-pyrrole nitrogens is 1. The van der Waals surface area contributed by atoms with Crippen LogP contribution in [0.15, 0.2) is 36.7 Å². The average Bonchev–Trinajstić information content (AvgIpc) is 3.18. The van der Waals surface area contributed by atoms with E-state index in [1.165, 1.54) is 0 Å². The molecule has 0 fully saturated rings. The molecule has 0 spiro atoms. The molecule has 0 amide bonds. The van der Waals surface area contributed by atoms with Crippen LogP contribution in [0.3, 0.4) is 0 Å². The van der Waals surface area contributed by atoms with E-state index >= 15 is 0 Å². The Hall–Kier alpha value is -3.13. The molecule has 3 aromatic heterocycles. The molecule has 0 bridgehead atoms. The molecule has 24 heavy (non-hydrogen) atoms. The van der Waals surface area contributed by atoms with Crippen molar-refractivity contribution < 1.29 is 0 Å². The lowest BCUT2D eigenvalue weighted by Gasteiger charge is -2.07. The summed E-state index contributed by atoms with van der Waals surface area (Å²) in [5, 5.41) is 15.9. The van der Waals surface area contributed by atoms with Crippen molar-refractivity contribution in [2.24, 2.45) is 7.05 Å². The van der Waals surface area contributed by atoms with Gasteiger partial charge in [0.15, 0.2) is 5.82 Å². The van der Waals surface area contributed by atoms with Gasteiger partial charge in [0.05, 0.1) is 22.4 Å². The summed E-state index contributed by atoms with van der Waals surface area (Å²) >= 11 is 6.42. The molecule has 120 valence electrons. The largest absolute Gasteiger partial charge is 0.384 e. The zero-order valence-electron chi connectivity index (χ0n) is 12.7. The lowest BCUT2D eigenvalue weighted by Crippen LogP contribution is -2.00.